The van der Waals surface area contributed by atoms with Gasteiger partial charge in [-0.1, -0.05) is 6.92 Å². The molecule has 0 bridgehead atoms. The Morgan fingerprint density at radius 3 is 2.88 bits per heavy atom. The van der Waals surface area contributed by atoms with E-state index in [2.05, 4.69) is 21.9 Å². The first kappa shape index (κ1) is 11.4. The highest BCUT2D eigenvalue weighted by Gasteiger charge is 2.32. The van der Waals surface area contributed by atoms with Crippen molar-refractivity contribution in [3.05, 3.63) is 11.3 Å². The zero-order valence-corrected chi connectivity index (χ0v) is 10.6. The lowest BCUT2D eigenvalue weighted by atomic mass is 10.2. The monoisotopic (exact) mass is 239 g/mol. The maximum atomic E-state index is 12.0. The highest BCUT2D eigenvalue weighted by molar-refractivity contribution is 7.10. The minimum atomic E-state index is -0.00491. The first-order chi connectivity index (χ1) is 7.63. The first-order valence-corrected chi connectivity index (χ1v) is 6.33. The number of carbonyl (C=O) groups is 1. The predicted octanol–water partition coefficient (Wildman–Crippen LogP) is 1.88. The highest BCUT2D eigenvalue weighted by atomic mass is 32.1. The summed E-state index contributed by atoms with van der Waals surface area (Å²) < 4.78 is 4.18. The van der Waals surface area contributed by atoms with E-state index in [0.717, 1.165) is 23.2 Å². The minimum absolute atomic E-state index is 0.00491. The van der Waals surface area contributed by atoms with Gasteiger partial charge in [-0.3, -0.25) is 4.79 Å². The summed E-state index contributed by atoms with van der Waals surface area (Å²) in [5.41, 5.74) is 1.50. The third-order valence-corrected chi connectivity index (χ3v) is 4.07. The number of nitrogens with one attached hydrogen (secondary N) is 2. The Morgan fingerprint density at radius 1 is 1.62 bits per heavy atom. The third kappa shape index (κ3) is 2.19. The van der Waals surface area contributed by atoms with Gasteiger partial charge < -0.3 is 10.6 Å². The van der Waals surface area contributed by atoms with Gasteiger partial charge in [-0.05, 0) is 36.7 Å². The highest BCUT2D eigenvalue weighted by Crippen LogP contribution is 2.36. The molecule has 5 heteroatoms. The van der Waals surface area contributed by atoms with Crippen molar-refractivity contribution in [2.75, 3.05) is 18.9 Å². The average Bonchev–Trinajstić information content (AvgIpc) is 2.83. The fourth-order valence-corrected chi connectivity index (χ4v) is 2.55. The van der Waals surface area contributed by atoms with E-state index in [-0.39, 0.29) is 5.91 Å². The van der Waals surface area contributed by atoms with Crippen LogP contribution >= 0.6 is 11.5 Å². The van der Waals surface area contributed by atoms with Gasteiger partial charge in [-0.15, -0.1) is 0 Å². The van der Waals surface area contributed by atoms with Crippen molar-refractivity contribution in [2.45, 2.75) is 20.3 Å². The molecule has 0 aromatic carbocycles. The molecule has 2 N–H and O–H groups in total. The maximum Gasteiger partial charge on any atom is 0.256 e. The Morgan fingerprint density at radius 2 is 2.31 bits per heavy atom. The summed E-state index contributed by atoms with van der Waals surface area (Å²) in [5.74, 6) is 1.44. The smallest absolute Gasteiger partial charge is 0.256 e. The summed E-state index contributed by atoms with van der Waals surface area (Å²) in [6, 6.07) is 0. The Balaban J connectivity index is 1.99. The van der Waals surface area contributed by atoms with E-state index in [1.54, 1.807) is 0 Å². The number of rotatable bonds is 4. The van der Waals surface area contributed by atoms with Crippen molar-refractivity contribution in [2.24, 2.45) is 11.8 Å². The van der Waals surface area contributed by atoms with E-state index in [4.69, 9.17) is 0 Å². The zero-order chi connectivity index (χ0) is 11.7. The van der Waals surface area contributed by atoms with Crippen molar-refractivity contribution >= 4 is 22.4 Å². The lowest BCUT2D eigenvalue weighted by Crippen LogP contribution is -2.26. The number of hydrogen-bond donors (Lipinski definition) is 2. The molecule has 4 nitrogen and oxygen atoms in total. The largest absolute Gasteiger partial charge is 0.378 e. The summed E-state index contributed by atoms with van der Waals surface area (Å²) in [4.78, 5) is 12.0. The van der Waals surface area contributed by atoms with Crippen LogP contribution in [0.3, 0.4) is 0 Å². The van der Waals surface area contributed by atoms with Crippen LogP contribution in [0.15, 0.2) is 0 Å². The number of aryl methyl sites for hydroxylation is 1. The number of aromatic nitrogens is 1. The summed E-state index contributed by atoms with van der Waals surface area (Å²) in [5, 5.41) is 6.83. The molecule has 2 rings (SSSR count). The van der Waals surface area contributed by atoms with Crippen molar-refractivity contribution in [3.8, 4) is 0 Å². The third-order valence-electron chi connectivity index (χ3n) is 3.12. The topological polar surface area (TPSA) is 54.0 Å². The van der Waals surface area contributed by atoms with Gasteiger partial charge in [0.25, 0.3) is 5.91 Å². The van der Waals surface area contributed by atoms with Crippen LogP contribution in [0.25, 0.3) is 0 Å². The van der Waals surface area contributed by atoms with E-state index >= 15 is 0 Å². The second-order valence-corrected chi connectivity index (χ2v) is 5.18. The van der Waals surface area contributed by atoms with Gasteiger partial charge in [0.15, 0.2) is 0 Å². The first-order valence-electron chi connectivity index (χ1n) is 5.55. The number of anilines is 1. The van der Waals surface area contributed by atoms with Gasteiger partial charge >= 0.3 is 0 Å². The van der Waals surface area contributed by atoms with Crippen molar-refractivity contribution in [1.82, 2.24) is 9.69 Å². The molecule has 1 aliphatic rings. The van der Waals surface area contributed by atoms with Crippen molar-refractivity contribution in [3.63, 3.8) is 0 Å². The molecule has 0 unspecified atom stereocenters. The van der Waals surface area contributed by atoms with Crippen LogP contribution in [-0.2, 0) is 0 Å². The number of hydrogen-bond acceptors (Lipinski definition) is 4. The van der Waals surface area contributed by atoms with E-state index in [0.29, 0.717) is 11.5 Å². The maximum absolute atomic E-state index is 12.0. The van der Waals surface area contributed by atoms with E-state index in [9.17, 15) is 4.79 Å². The van der Waals surface area contributed by atoms with Gasteiger partial charge in [0.2, 0.25) is 0 Å². The van der Waals surface area contributed by atoms with Crippen LogP contribution in [-0.4, -0.2) is 23.9 Å². The molecule has 1 aromatic rings. The van der Waals surface area contributed by atoms with Crippen LogP contribution in [0.5, 0.6) is 0 Å². The zero-order valence-electron chi connectivity index (χ0n) is 9.83. The van der Waals surface area contributed by atoms with Crippen LogP contribution < -0.4 is 10.6 Å². The summed E-state index contributed by atoms with van der Waals surface area (Å²) in [6.45, 7) is 4.87. The second kappa shape index (κ2) is 4.41. The molecule has 1 fully saturated rings. The van der Waals surface area contributed by atoms with Crippen molar-refractivity contribution < 1.29 is 4.79 Å². The molecule has 1 saturated carbocycles. The summed E-state index contributed by atoms with van der Waals surface area (Å²) >= 11 is 1.33. The van der Waals surface area contributed by atoms with Crippen LogP contribution in [0.2, 0.25) is 0 Å². The summed E-state index contributed by atoms with van der Waals surface area (Å²) in [6.07, 6.45) is 1.24. The fourth-order valence-electron chi connectivity index (χ4n) is 1.80. The SMILES string of the molecule is CNc1snc(C)c1C(=O)NC[C@H]1C[C@H]1C. The molecule has 0 saturated heterocycles. The predicted molar refractivity (Wildman–Crippen MR) is 66.0 cm³/mol. The minimum Gasteiger partial charge on any atom is -0.378 e. The van der Waals surface area contributed by atoms with Crippen LogP contribution in [0, 0.1) is 18.8 Å². The molecule has 0 spiro atoms. The molecular formula is C11H17N3OS. The number of nitrogens with zero attached hydrogens (tertiary/aromatic N) is 1. The van der Waals surface area contributed by atoms with E-state index in [1.807, 2.05) is 14.0 Å². The molecule has 0 aliphatic heterocycles. The van der Waals surface area contributed by atoms with Crippen LogP contribution in [0.1, 0.15) is 29.4 Å². The van der Waals surface area contributed by atoms with E-state index < -0.39 is 0 Å². The van der Waals surface area contributed by atoms with Crippen molar-refractivity contribution in [1.29, 1.82) is 0 Å². The number of amides is 1. The van der Waals surface area contributed by atoms with Gasteiger partial charge in [0.05, 0.1) is 11.3 Å². The summed E-state index contributed by atoms with van der Waals surface area (Å²) in [7, 11) is 1.81. The van der Waals surface area contributed by atoms with Crippen LogP contribution in [0.4, 0.5) is 5.00 Å². The molecular weight excluding hydrogens is 222 g/mol. The Hall–Kier alpha value is -1.10. The number of carbonyl (C=O) groups excluding carboxylic acids is 1. The van der Waals surface area contributed by atoms with Gasteiger partial charge in [-0.2, -0.15) is 4.37 Å². The molecule has 1 heterocycles. The molecule has 1 amide bonds. The molecule has 16 heavy (non-hydrogen) atoms. The lowest BCUT2D eigenvalue weighted by molar-refractivity contribution is 0.0951. The molecule has 1 aliphatic carbocycles. The fraction of sp³-hybridized carbons (Fsp3) is 0.636. The molecule has 0 radical (unpaired) electrons. The lowest BCUT2D eigenvalue weighted by Gasteiger charge is -2.05. The molecule has 2 atom stereocenters. The molecule has 88 valence electrons. The van der Waals surface area contributed by atoms with Gasteiger partial charge in [0.1, 0.15) is 5.00 Å². The molecule has 1 aromatic heterocycles. The quantitative estimate of drug-likeness (QED) is 0.843. The van der Waals surface area contributed by atoms with Gasteiger partial charge in [-0.25, -0.2) is 0 Å². The Labute approximate surface area is 99.6 Å². The normalized spacial score (nSPS) is 22.9. The Bertz CT molecular complexity index is 402. The van der Waals surface area contributed by atoms with E-state index in [1.165, 1.54) is 18.0 Å². The van der Waals surface area contributed by atoms with Gasteiger partial charge in [0, 0.05) is 13.6 Å². The standard InChI is InChI=1S/C11H17N3OS/c1-6-4-8(6)5-13-10(15)9-7(2)14-16-11(9)12-3/h6,8,12H,4-5H2,1-3H3,(H,13,15)/t6-,8-/m1/s1. The Kier molecular flexibility index (Phi) is 3.14. The average molecular weight is 239 g/mol. The second-order valence-electron chi connectivity index (χ2n) is 4.41.